The predicted molar refractivity (Wildman–Crippen MR) is 69.4 cm³/mol. The molecule has 0 saturated heterocycles. The number of hydrogen-bond acceptors (Lipinski definition) is 4. The van der Waals surface area contributed by atoms with Crippen LogP contribution >= 0.6 is 0 Å². The Balaban J connectivity index is 2.41. The molecule has 0 radical (unpaired) electrons. The zero-order valence-electron chi connectivity index (χ0n) is 10.5. The van der Waals surface area contributed by atoms with Crippen molar-refractivity contribution in [1.82, 2.24) is 9.97 Å². The summed E-state index contributed by atoms with van der Waals surface area (Å²) in [6.45, 7) is 0. The highest BCUT2D eigenvalue weighted by atomic mass is 16.4. The van der Waals surface area contributed by atoms with Crippen LogP contribution in [0.2, 0.25) is 0 Å². The van der Waals surface area contributed by atoms with Gasteiger partial charge in [-0.15, -0.1) is 0 Å². The number of carbonyl (C=O) groups is 2. The number of aromatic nitrogens is 2. The lowest BCUT2D eigenvalue weighted by molar-refractivity contribution is 0.0686. The van der Waals surface area contributed by atoms with Gasteiger partial charge in [0.1, 0.15) is 6.07 Å². The number of anilines is 1. The Kier molecular flexibility index (Phi) is 3.48. The number of H-pyrrole nitrogens is 1. The van der Waals surface area contributed by atoms with Crippen LogP contribution in [0.25, 0.3) is 0 Å². The molecule has 1 heterocycles. The van der Waals surface area contributed by atoms with Gasteiger partial charge < -0.3 is 15.0 Å². The fraction of sp³-hybridized carbons (Fsp3) is 0.0769. The van der Waals surface area contributed by atoms with Crippen LogP contribution in [0.15, 0.2) is 30.6 Å². The first kappa shape index (κ1) is 13.3. The molecule has 7 nitrogen and oxygen atoms in total. The van der Waals surface area contributed by atoms with E-state index in [0.717, 1.165) is 6.33 Å². The largest absolute Gasteiger partial charge is 0.477 e. The molecule has 2 rings (SSSR count). The molecule has 7 heteroatoms. The zero-order chi connectivity index (χ0) is 14.7. The maximum Gasteiger partial charge on any atom is 0.354 e. The first-order chi connectivity index (χ1) is 9.56. The zero-order valence-corrected chi connectivity index (χ0v) is 10.5. The molecule has 0 saturated carbocycles. The molecule has 2 N–H and O–H groups in total. The van der Waals surface area contributed by atoms with Gasteiger partial charge >= 0.3 is 5.97 Å². The Morgan fingerprint density at radius 3 is 2.75 bits per heavy atom. The van der Waals surface area contributed by atoms with E-state index in [1.54, 1.807) is 24.3 Å². The minimum Gasteiger partial charge on any atom is -0.477 e. The van der Waals surface area contributed by atoms with Crippen molar-refractivity contribution in [2.45, 2.75) is 0 Å². The first-order valence-corrected chi connectivity index (χ1v) is 5.60. The Bertz CT molecular complexity index is 714. The average molecular weight is 270 g/mol. The van der Waals surface area contributed by atoms with Crippen molar-refractivity contribution < 1.29 is 14.7 Å². The smallest absolute Gasteiger partial charge is 0.354 e. The molecule has 0 unspecified atom stereocenters. The molecule has 0 bridgehead atoms. The van der Waals surface area contributed by atoms with Crippen LogP contribution in [-0.4, -0.2) is 34.0 Å². The van der Waals surface area contributed by atoms with E-state index in [9.17, 15) is 9.59 Å². The van der Waals surface area contributed by atoms with E-state index in [0.29, 0.717) is 11.3 Å². The molecule has 0 spiro atoms. The molecule has 1 aromatic carbocycles. The molecule has 0 aliphatic rings. The number of carboxylic acids is 1. The maximum absolute atomic E-state index is 12.3. The minimum atomic E-state index is -1.27. The normalized spacial score (nSPS) is 9.80. The minimum absolute atomic E-state index is 0.201. The number of nitrogens with one attached hydrogen (secondary N) is 1. The van der Waals surface area contributed by atoms with Crippen LogP contribution in [0.5, 0.6) is 0 Å². The topological polar surface area (TPSA) is 110 Å². The number of nitriles is 1. The third kappa shape index (κ3) is 2.22. The third-order valence-corrected chi connectivity index (χ3v) is 2.75. The molecular weight excluding hydrogens is 260 g/mol. The van der Waals surface area contributed by atoms with Crippen molar-refractivity contribution in [3.63, 3.8) is 0 Å². The summed E-state index contributed by atoms with van der Waals surface area (Å²) in [5, 5.41) is 18.0. The number of aromatic amines is 1. The van der Waals surface area contributed by atoms with Crippen molar-refractivity contribution in [1.29, 1.82) is 5.26 Å². The van der Waals surface area contributed by atoms with Gasteiger partial charge in [-0.05, 0) is 12.1 Å². The third-order valence-electron chi connectivity index (χ3n) is 2.75. The Morgan fingerprint density at radius 2 is 2.10 bits per heavy atom. The van der Waals surface area contributed by atoms with Gasteiger partial charge in [0.15, 0.2) is 11.4 Å². The van der Waals surface area contributed by atoms with Crippen LogP contribution in [0.1, 0.15) is 26.5 Å². The van der Waals surface area contributed by atoms with Crippen molar-refractivity contribution in [3.8, 4) is 6.07 Å². The highest BCUT2D eigenvalue weighted by Gasteiger charge is 2.24. The van der Waals surface area contributed by atoms with Crippen molar-refractivity contribution in [2.75, 3.05) is 11.9 Å². The van der Waals surface area contributed by atoms with Crippen molar-refractivity contribution in [3.05, 3.63) is 47.5 Å². The van der Waals surface area contributed by atoms with Gasteiger partial charge in [0.25, 0.3) is 5.91 Å². The molecule has 0 aliphatic heterocycles. The highest BCUT2D eigenvalue weighted by Crippen LogP contribution is 2.20. The van der Waals surface area contributed by atoms with Gasteiger partial charge in [-0.3, -0.25) is 4.79 Å². The average Bonchev–Trinajstić information content (AvgIpc) is 2.95. The Hall–Kier alpha value is -3.14. The van der Waals surface area contributed by atoms with E-state index in [1.165, 1.54) is 11.9 Å². The van der Waals surface area contributed by atoms with E-state index < -0.39 is 11.9 Å². The number of rotatable bonds is 3. The number of hydrogen-bond donors (Lipinski definition) is 2. The summed E-state index contributed by atoms with van der Waals surface area (Å²) in [6.07, 6.45) is 1.14. The number of aromatic carboxylic acids is 1. The Morgan fingerprint density at radius 1 is 1.40 bits per heavy atom. The predicted octanol–water partition coefficient (Wildman–Crippen LogP) is 1.26. The Labute approximate surface area is 114 Å². The second-order valence-electron chi connectivity index (χ2n) is 3.92. The lowest BCUT2D eigenvalue weighted by atomic mass is 10.1. The maximum atomic E-state index is 12.3. The number of amides is 1. The van der Waals surface area contributed by atoms with Gasteiger partial charge in [0.05, 0.1) is 17.6 Å². The van der Waals surface area contributed by atoms with Gasteiger partial charge in [-0.1, -0.05) is 12.1 Å². The summed E-state index contributed by atoms with van der Waals surface area (Å²) in [6, 6.07) is 8.51. The second kappa shape index (κ2) is 5.24. The summed E-state index contributed by atoms with van der Waals surface area (Å²) in [5.41, 5.74) is 0.221. The number of para-hydroxylation sites is 1. The molecule has 1 amide bonds. The lowest BCUT2D eigenvalue weighted by Crippen LogP contribution is -2.28. The van der Waals surface area contributed by atoms with Crippen LogP contribution < -0.4 is 4.90 Å². The molecular formula is C13H10N4O3. The summed E-state index contributed by atoms with van der Waals surface area (Å²) < 4.78 is 0. The van der Waals surface area contributed by atoms with Crippen molar-refractivity contribution >= 4 is 17.6 Å². The van der Waals surface area contributed by atoms with E-state index in [4.69, 9.17) is 10.4 Å². The summed E-state index contributed by atoms with van der Waals surface area (Å²) >= 11 is 0. The van der Waals surface area contributed by atoms with Crippen molar-refractivity contribution in [2.24, 2.45) is 0 Å². The first-order valence-electron chi connectivity index (χ1n) is 5.60. The summed E-state index contributed by atoms with van der Waals surface area (Å²) in [5.74, 6) is -1.88. The SMILES string of the molecule is CN(C(=O)c1nc[nH]c1C(=O)O)c1ccccc1C#N. The fourth-order valence-corrected chi connectivity index (χ4v) is 1.75. The standard InChI is InChI=1S/C13H10N4O3/c1-17(9-5-3-2-4-8(9)6-14)12(18)10-11(13(19)20)16-7-15-10/h2-5,7H,1H3,(H,15,16)(H,19,20). The van der Waals surface area contributed by atoms with Crippen LogP contribution in [0.4, 0.5) is 5.69 Å². The van der Waals surface area contributed by atoms with E-state index in [1.807, 2.05) is 6.07 Å². The van der Waals surface area contributed by atoms with Gasteiger partial charge in [0.2, 0.25) is 0 Å². The molecule has 0 aliphatic carbocycles. The number of benzene rings is 1. The van der Waals surface area contributed by atoms with E-state index in [-0.39, 0.29) is 11.4 Å². The number of carbonyl (C=O) groups excluding carboxylic acids is 1. The van der Waals surface area contributed by atoms with Crippen LogP contribution in [-0.2, 0) is 0 Å². The van der Waals surface area contributed by atoms with Gasteiger partial charge in [-0.25, -0.2) is 9.78 Å². The van der Waals surface area contributed by atoms with E-state index in [2.05, 4.69) is 9.97 Å². The summed E-state index contributed by atoms with van der Waals surface area (Å²) in [7, 11) is 1.46. The molecule has 0 fully saturated rings. The van der Waals surface area contributed by atoms with Gasteiger partial charge in [-0.2, -0.15) is 5.26 Å². The van der Waals surface area contributed by atoms with E-state index >= 15 is 0 Å². The fourth-order valence-electron chi connectivity index (χ4n) is 1.75. The number of carboxylic acid groups (broad SMARTS) is 1. The monoisotopic (exact) mass is 270 g/mol. The van der Waals surface area contributed by atoms with Crippen LogP contribution in [0.3, 0.4) is 0 Å². The van der Waals surface area contributed by atoms with Crippen LogP contribution in [0, 0.1) is 11.3 Å². The highest BCUT2D eigenvalue weighted by molar-refractivity contribution is 6.10. The second-order valence-corrected chi connectivity index (χ2v) is 3.92. The quantitative estimate of drug-likeness (QED) is 0.872. The lowest BCUT2D eigenvalue weighted by Gasteiger charge is -2.17. The molecule has 0 atom stereocenters. The number of nitrogens with zero attached hydrogens (tertiary/aromatic N) is 3. The molecule has 1 aromatic heterocycles. The number of imidazole rings is 1. The molecule has 100 valence electrons. The molecule has 20 heavy (non-hydrogen) atoms. The molecule has 2 aromatic rings. The van der Waals surface area contributed by atoms with Gasteiger partial charge in [0, 0.05) is 7.05 Å². The summed E-state index contributed by atoms with van der Waals surface area (Å²) in [4.78, 5) is 30.6.